The quantitative estimate of drug-likeness (QED) is 0.140. The van der Waals surface area contributed by atoms with E-state index in [4.69, 9.17) is 37.6 Å². The molecule has 53 heavy (non-hydrogen) atoms. The summed E-state index contributed by atoms with van der Waals surface area (Å²) in [5.74, 6) is -0.0476. The van der Waals surface area contributed by atoms with Crippen LogP contribution >= 0.6 is 0 Å². The molecule has 2 aliphatic heterocycles. The zero-order chi connectivity index (χ0) is 38.8. The van der Waals surface area contributed by atoms with Crippen LogP contribution in [-0.2, 0) is 42.4 Å². The highest BCUT2D eigenvalue weighted by atomic mass is 28.4. The summed E-state index contributed by atoms with van der Waals surface area (Å²) in [6, 6.07) is 6.14. The van der Waals surface area contributed by atoms with Gasteiger partial charge in [0, 0.05) is 40.1 Å². The molecule has 296 valence electrons. The SMILES string of the molecule is CC[C@H]1CCC[C@H](OC(C)=O)[C@@H](C)[C@H](O[Si](C)(C)C(C)(C)C)C2=C[C@H]3c4ccc(O[C@@H]5O[C@@H](C)[C@H](OC)[C@@H](OC)[C@H]5OC)cc4C=C[C@H]3[C@@H]2CC(=O)O1. The Morgan fingerprint density at radius 3 is 2.32 bits per heavy atom. The highest BCUT2D eigenvalue weighted by Gasteiger charge is 2.50. The normalized spacial score (nSPS) is 35.1. The number of benzene rings is 1. The van der Waals surface area contributed by atoms with Gasteiger partial charge in [-0.2, -0.15) is 0 Å². The molecule has 4 aliphatic rings. The van der Waals surface area contributed by atoms with Crippen LogP contribution < -0.4 is 4.74 Å². The summed E-state index contributed by atoms with van der Waals surface area (Å²) in [5.41, 5.74) is 3.29. The molecule has 11 heteroatoms. The second kappa shape index (κ2) is 17.1. The first-order chi connectivity index (χ1) is 25.0. The molecule has 0 amide bonds. The molecule has 2 saturated heterocycles. The Hall–Kier alpha value is -2.54. The number of ether oxygens (including phenoxy) is 7. The smallest absolute Gasteiger partial charge is 0.306 e. The molecule has 10 nitrogen and oxygen atoms in total. The fourth-order valence-electron chi connectivity index (χ4n) is 8.47. The Labute approximate surface area is 318 Å². The molecule has 0 radical (unpaired) electrons. The second-order valence-corrected chi connectivity index (χ2v) is 21.7. The lowest BCUT2D eigenvalue weighted by atomic mass is 9.75. The van der Waals surface area contributed by atoms with Gasteiger partial charge < -0.3 is 37.6 Å². The van der Waals surface area contributed by atoms with E-state index in [0.717, 1.165) is 36.0 Å². The summed E-state index contributed by atoms with van der Waals surface area (Å²) in [6.45, 7) is 18.9. The molecule has 0 bridgehead atoms. The van der Waals surface area contributed by atoms with Crippen molar-refractivity contribution in [3.8, 4) is 5.75 Å². The van der Waals surface area contributed by atoms with Crippen molar-refractivity contribution in [3.63, 3.8) is 0 Å². The fourth-order valence-corrected chi connectivity index (χ4v) is 9.81. The van der Waals surface area contributed by atoms with Crippen molar-refractivity contribution in [3.05, 3.63) is 47.1 Å². The first-order valence-corrected chi connectivity index (χ1v) is 22.4. The van der Waals surface area contributed by atoms with Crippen LogP contribution in [0.4, 0.5) is 0 Å². The van der Waals surface area contributed by atoms with E-state index in [1.54, 1.807) is 21.3 Å². The molecular weight excluding hydrogens is 693 g/mol. The van der Waals surface area contributed by atoms with Gasteiger partial charge in [-0.1, -0.05) is 58.9 Å². The van der Waals surface area contributed by atoms with Crippen molar-refractivity contribution in [1.29, 1.82) is 0 Å². The summed E-state index contributed by atoms with van der Waals surface area (Å²) >= 11 is 0. The highest BCUT2D eigenvalue weighted by Crippen LogP contribution is 2.53. The molecule has 12 atom stereocenters. The standard InChI is InChI=1S/C42H64O10Si/c1-13-28-15-14-16-35(49-26(4)43)24(2)37(52-53(11,12)42(5,6)7)34-22-32-30-20-18-29(21-27(30)17-19-31(32)33(34)23-36(44)50-28)51-41-40(47-10)39(46-9)38(45-8)25(3)48-41/h17-22,24-25,28,31-33,35,37-41H,13-16,23H2,1-12H3/t24-,25+,28+,31-,32+,33+,35+,37+,38+,39-,40-,41+/m1/s1. The molecule has 0 saturated carbocycles. The summed E-state index contributed by atoms with van der Waals surface area (Å²) in [6.07, 6.45) is 6.90. The number of methoxy groups -OCH3 is 3. The number of cyclic esters (lactones) is 1. The monoisotopic (exact) mass is 756 g/mol. The lowest BCUT2D eigenvalue weighted by molar-refractivity contribution is -0.282. The van der Waals surface area contributed by atoms with E-state index in [1.165, 1.54) is 6.92 Å². The first kappa shape index (κ1) is 41.6. The molecule has 0 spiro atoms. The van der Waals surface area contributed by atoms with Crippen LogP contribution in [0.3, 0.4) is 0 Å². The molecule has 5 rings (SSSR count). The topological polar surface area (TPSA) is 108 Å². The van der Waals surface area contributed by atoms with Crippen molar-refractivity contribution in [1.82, 2.24) is 0 Å². The maximum atomic E-state index is 13.7. The van der Waals surface area contributed by atoms with Crippen LogP contribution in [0.25, 0.3) is 6.08 Å². The van der Waals surface area contributed by atoms with Crippen molar-refractivity contribution in [2.24, 2.45) is 17.8 Å². The molecule has 2 fully saturated rings. The van der Waals surface area contributed by atoms with E-state index >= 15 is 0 Å². The average Bonchev–Trinajstić information content (AvgIpc) is 3.45. The number of esters is 2. The van der Waals surface area contributed by atoms with E-state index in [0.29, 0.717) is 12.2 Å². The van der Waals surface area contributed by atoms with Crippen LogP contribution in [0.15, 0.2) is 35.9 Å². The Balaban J connectivity index is 1.54. The van der Waals surface area contributed by atoms with E-state index in [9.17, 15) is 9.59 Å². The zero-order valence-corrected chi connectivity index (χ0v) is 35.0. The summed E-state index contributed by atoms with van der Waals surface area (Å²) in [4.78, 5) is 26.2. The Bertz CT molecular complexity index is 1500. The van der Waals surface area contributed by atoms with Crippen molar-refractivity contribution in [2.75, 3.05) is 21.3 Å². The molecule has 0 aromatic heterocycles. The number of hydrogen-bond acceptors (Lipinski definition) is 10. The Kier molecular flexibility index (Phi) is 13.4. The van der Waals surface area contributed by atoms with Gasteiger partial charge >= 0.3 is 11.9 Å². The largest absolute Gasteiger partial charge is 0.462 e. The highest BCUT2D eigenvalue weighted by molar-refractivity contribution is 6.74. The van der Waals surface area contributed by atoms with Gasteiger partial charge in [0.25, 0.3) is 0 Å². The average molecular weight is 757 g/mol. The van der Waals surface area contributed by atoms with Gasteiger partial charge in [0.15, 0.2) is 8.32 Å². The predicted octanol–water partition coefficient (Wildman–Crippen LogP) is 7.99. The lowest BCUT2D eigenvalue weighted by Crippen LogP contribution is -2.60. The minimum atomic E-state index is -2.34. The van der Waals surface area contributed by atoms with Gasteiger partial charge in [0.2, 0.25) is 6.29 Å². The summed E-state index contributed by atoms with van der Waals surface area (Å²) < 4.78 is 49.5. The van der Waals surface area contributed by atoms with Crippen molar-refractivity contribution >= 4 is 26.3 Å². The molecule has 2 aliphatic carbocycles. The maximum absolute atomic E-state index is 13.7. The maximum Gasteiger partial charge on any atom is 0.306 e. The number of allylic oxidation sites excluding steroid dienone is 2. The van der Waals surface area contributed by atoms with Gasteiger partial charge in [-0.25, -0.2) is 0 Å². The van der Waals surface area contributed by atoms with Gasteiger partial charge in [0.1, 0.15) is 36.3 Å². The van der Waals surface area contributed by atoms with Gasteiger partial charge in [-0.15, -0.1) is 0 Å². The van der Waals surface area contributed by atoms with E-state index in [1.807, 2.05) is 19.1 Å². The molecule has 1 aromatic carbocycles. The van der Waals surface area contributed by atoms with Crippen molar-refractivity contribution < 1.29 is 47.2 Å². The number of rotatable bonds is 9. The third-order valence-corrected chi connectivity index (χ3v) is 16.9. The van der Waals surface area contributed by atoms with E-state index in [-0.39, 0.29) is 83.7 Å². The number of hydrogen-bond donors (Lipinski definition) is 0. The lowest BCUT2D eigenvalue weighted by Gasteiger charge is -2.44. The summed E-state index contributed by atoms with van der Waals surface area (Å²) in [7, 11) is 2.57. The molecule has 1 aromatic rings. The van der Waals surface area contributed by atoms with E-state index in [2.05, 4.69) is 72.0 Å². The summed E-state index contributed by atoms with van der Waals surface area (Å²) in [5, 5.41) is -0.0552. The molecule has 0 N–H and O–H groups in total. The van der Waals surface area contributed by atoms with Crippen LogP contribution in [0, 0.1) is 17.8 Å². The van der Waals surface area contributed by atoms with Crippen molar-refractivity contribution in [2.45, 2.75) is 154 Å². The fraction of sp³-hybridized carbons (Fsp3) is 0.714. The Morgan fingerprint density at radius 1 is 1.00 bits per heavy atom. The Morgan fingerprint density at radius 2 is 1.70 bits per heavy atom. The van der Waals surface area contributed by atoms with Crippen LogP contribution in [0.2, 0.25) is 18.1 Å². The third kappa shape index (κ3) is 8.97. The molecule has 2 heterocycles. The minimum absolute atomic E-state index is 0.00634. The van der Waals surface area contributed by atoms with E-state index < -0.39 is 20.7 Å². The van der Waals surface area contributed by atoms with Crippen LogP contribution in [-0.4, -0.2) is 90.6 Å². The van der Waals surface area contributed by atoms with Crippen LogP contribution in [0.5, 0.6) is 5.75 Å². The predicted molar refractivity (Wildman–Crippen MR) is 206 cm³/mol. The first-order valence-electron chi connectivity index (χ1n) is 19.5. The molecule has 0 unspecified atom stereocenters. The number of carbonyl (C=O) groups excluding carboxylic acids is 2. The second-order valence-electron chi connectivity index (χ2n) is 16.9. The minimum Gasteiger partial charge on any atom is -0.462 e. The van der Waals surface area contributed by atoms with Gasteiger partial charge in [-0.05, 0) is 91.4 Å². The number of fused-ring (bicyclic) bond motifs is 5. The number of carbonyl (C=O) groups is 2. The third-order valence-electron chi connectivity index (χ3n) is 12.5. The van der Waals surface area contributed by atoms with Crippen LogP contribution in [0.1, 0.15) is 97.6 Å². The van der Waals surface area contributed by atoms with Gasteiger partial charge in [-0.3, -0.25) is 9.59 Å². The zero-order valence-electron chi connectivity index (χ0n) is 34.0. The molecular formula is C42H64O10Si. The van der Waals surface area contributed by atoms with Gasteiger partial charge in [0.05, 0.1) is 18.6 Å².